The van der Waals surface area contributed by atoms with Crippen molar-refractivity contribution < 1.29 is 19.4 Å². The van der Waals surface area contributed by atoms with Crippen LogP contribution in [0.5, 0.6) is 5.75 Å². The van der Waals surface area contributed by atoms with E-state index in [9.17, 15) is 14.7 Å². The molecule has 32 heavy (non-hydrogen) atoms. The highest BCUT2D eigenvalue weighted by Crippen LogP contribution is 2.27. The number of carbonyl (C=O) groups excluding carboxylic acids is 2. The zero-order chi connectivity index (χ0) is 22.7. The second-order valence-corrected chi connectivity index (χ2v) is 8.71. The number of carbonyl (C=O) groups is 2. The van der Waals surface area contributed by atoms with E-state index in [0.717, 1.165) is 32.4 Å². The number of aliphatic hydroxyl groups is 1. The first-order valence-electron chi connectivity index (χ1n) is 11.5. The van der Waals surface area contributed by atoms with Gasteiger partial charge >= 0.3 is 6.03 Å². The van der Waals surface area contributed by atoms with Crippen LogP contribution in [0.15, 0.2) is 29.3 Å². The molecule has 3 atom stereocenters. The van der Waals surface area contributed by atoms with Gasteiger partial charge in [-0.05, 0) is 37.0 Å². The first-order chi connectivity index (χ1) is 15.5. The fraction of sp³-hybridized carbons (Fsp3) is 0.609. The van der Waals surface area contributed by atoms with Crippen LogP contribution in [-0.2, 0) is 11.2 Å². The van der Waals surface area contributed by atoms with Crippen molar-refractivity contribution in [3.8, 4) is 5.75 Å². The predicted molar refractivity (Wildman–Crippen MR) is 120 cm³/mol. The Bertz CT molecular complexity index is 868. The van der Waals surface area contributed by atoms with E-state index in [4.69, 9.17) is 9.73 Å². The lowest BCUT2D eigenvalue weighted by atomic mass is 10.1. The second-order valence-electron chi connectivity index (χ2n) is 8.71. The molecule has 3 heterocycles. The maximum absolute atomic E-state index is 12.8. The topological polar surface area (TPSA) is 97.7 Å². The average molecular weight is 444 g/mol. The van der Waals surface area contributed by atoms with Crippen molar-refractivity contribution in [3.05, 3.63) is 29.8 Å². The van der Waals surface area contributed by atoms with Crippen LogP contribution in [0.3, 0.4) is 0 Å². The molecule has 3 aliphatic heterocycles. The van der Waals surface area contributed by atoms with Gasteiger partial charge in [-0.2, -0.15) is 0 Å². The number of guanidine groups is 1. The number of aliphatic hydroxyl groups excluding tert-OH is 1. The second kappa shape index (κ2) is 9.77. The molecular weight excluding hydrogens is 410 g/mol. The first kappa shape index (κ1) is 22.4. The van der Waals surface area contributed by atoms with Crippen molar-refractivity contribution in [1.82, 2.24) is 20.0 Å². The third-order valence-electron chi connectivity index (χ3n) is 6.38. The molecule has 3 aliphatic rings. The number of likely N-dealkylation sites (tertiary alicyclic amines) is 1. The number of benzene rings is 1. The highest BCUT2D eigenvalue weighted by atomic mass is 16.5. The minimum Gasteiger partial charge on any atom is -0.491 e. The summed E-state index contributed by atoms with van der Waals surface area (Å²) in [5, 5.41) is 13.2. The van der Waals surface area contributed by atoms with Gasteiger partial charge in [-0.1, -0.05) is 31.9 Å². The van der Waals surface area contributed by atoms with Crippen molar-refractivity contribution in [2.75, 3.05) is 33.3 Å². The summed E-state index contributed by atoms with van der Waals surface area (Å²) < 4.78 is 5.83. The van der Waals surface area contributed by atoms with E-state index in [0.29, 0.717) is 11.7 Å². The SMILES string of the molecule is CCc1cccc(OCC(O)CN2C(N3CCCCCC3)=NC3C2C(=O)NC(=O)N3C)c1. The van der Waals surface area contributed by atoms with Gasteiger partial charge in [-0.15, -0.1) is 0 Å². The molecule has 174 valence electrons. The number of β-amino-alcohol motifs (C(OH)–C–C–N with tert-alkyl or cyclic N) is 1. The number of hydrogen-bond donors (Lipinski definition) is 2. The number of urea groups is 1. The number of hydrogen-bond acceptors (Lipinski definition) is 7. The summed E-state index contributed by atoms with van der Waals surface area (Å²) in [6.45, 7) is 4.08. The van der Waals surface area contributed by atoms with Gasteiger partial charge in [-0.25, -0.2) is 9.79 Å². The Balaban J connectivity index is 1.49. The van der Waals surface area contributed by atoms with Crippen LogP contribution in [0.1, 0.15) is 38.2 Å². The summed E-state index contributed by atoms with van der Waals surface area (Å²) in [4.78, 5) is 35.2. The Kier molecular flexibility index (Phi) is 6.83. The molecule has 2 saturated heterocycles. The van der Waals surface area contributed by atoms with Crippen LogP contribution >= 0.6 is 0 Å². The number of nitrogens with zero attached hydrogens (tertiary/aromatic N) is 4. The van der Waals surface area contributed by atoms with Crippen LogP contribution in [0.4, 0.5) is 4.79 Å². The fourth-order valence-electron chi connectivity index (χ4n) is 4.57. The minimum absolute atomic E-state index is 0.102. The molecule has 1 aromatic carbocycles. The van der Waals surface area contributed by atoms with Crippen molar-refractivity contribution in [1.29, 1.82) is 0 Å². The van der Waals surface area contributed by atoms with Crippen molar-refractivity contribution >= 4 is 17.9 Å². The van der Waals surface area contributed by atoms with Gasteiger partial charge in [0.25, 0.3) is 5.91 Å². The normalized spacial score (nSPS) is 24.6. The zero-order valence-electron chi connectivity index (χ0n) is 18.9. The van der Waals surface area contributed by atoms with E-state index >= 15 is 0 Å². The van der Waals surface area contributed by atoms with E-state index in [1.165, 1.54) is 23.3 Å². The van der Waals surface area contributed by atoms with Gasteiger partial charge in [0.2, 0.25) is 0 Å². The Labute approximate surface area is 189 Å². The van der Waals surface area contributed by atoms with E-state index in [1.807, 2.05) is 29.2 Å². The van der Waals surface area contributed by atoms with Crippen molar-refractivity contribution in [3.63, 3.8) is 0 Å². The molecule has 3 amide bonds. The highest BCUT2D eigenvalue weighted by Gasteiger charge is 2.50. The monoisotopic (exact) mass is 443 g/mol. The Morgan fingerprint density at radius 2 is 1.97 bits per heavy atom. The molecule has 0 saturated carbocycles. The number of imide groups is 1. The fourth-order valence-corrected chi connectivity index (χ4v) is 4.57. The van der Waals surface area contributed by atoms with Crippen LogP contribution in [-0.4, -0.2) is 89.3 Å². The summed E-state index contributed by atoms with van der Waals surface area (Å²) in [5.41, 5.74) is 1.17. The van der Waals surface area contributed by atoms with E-state index < -0.39 is 24.3 Å². The summed E-state index contributed by atoms with van der Waals surface area (Å²) >= 11 is 0. The maximum atomic E-state index is 12.8. The van der Waals surface area contributed by atoms with Crippen LogP contribution in [0, 0.1) is 0 Å². The Hall–Kier alpha value is -2.81. The molecule has 3 unspecified atom stereocenters. The average Bonchev–Trinajstić information content (AvgIpc) is 2.96. The van der Waals surface area contributed by atoms with Crippen molar-refractivity contribution in [2.24, 2.45) is 4.99 Å². The van der Waals surface area contributed by atoms with Gasteiger partial charge in [0.1, 0.15) is 18.5 Å². The number of aliphatic imine (C=N–C) groups is 1. The number of nitrogens with one attached hydrogen (secondary N) is 1. The van der Waals surface area contributed by atoms with Gasteiger partial charge in [0, 0.05) is 20.1 Å². The summed E-state index contributed by atoms with van der Waals surface area (Å²) in [7, 11) is 1.65. The van der Waals surface area contributed by atoms with Gasteiger partial charge in [-0.3, -0.25) is 10.1 Å². The molecule has 9 nitrogen and oxygen atoms in total. The molecule has 9 heteroatoms. The first-order valence-corrected chi connectivity index (χ1v) is 11.5. The summed E-state index contributed by atoms with van der Waals surface area (Å²) in [5.74, 6) is 1.02. The molecule has 0 aromatic heterocycles. The minimum atomic E-state index is -0.827. The molecule has 2 fully saturated rings. The quantitative estimate of drug-likeness (QED) is 0.690. The van der Waals surface area contributed by atoms with Gasteiger partial charge in [0.15, 0.2) is 18.2 Å². The highest BCUT2D eigenvalue weighted by molar-refractivity contribution is 6.03. The van der Waals surface area contributed by atoms with Crippen molar-refractivity contribution in [2.45, 2.75) is 57.3 Å². The lowest BCUT2D eigenvalue weighted by Gasteiger charge is -2.38. The zero-order valence-corrected chi connectivity index (χ0v) is 18.9. The largest absolute Gasteiger partial charge is 0.491 e. The molecule has 4 rings (SSSR count). The Morgan fingerprint density at radius 1 is 1.22 bits per heavy atom. The molecule has 0 radical (unpaired) electrons. The van der Waals surface area contributed by atoms with Crippen LogP contribution in [0.25, 0.3) is 0 Å². The summed E-state index contributed by atoms with van der Waals surface area (Å²) in [6, 6.07) is 6.71. The standard InChI is InChI=1S/C23H33N5O4/c1-3-16-9-8-10-18(13-16)32-15-17(29)14-28-19-20(26(2)23(31)25-21(19)30)24-22(28)27-11-6-4-5-7-12-27/h8-10,13,17,19-20,29H,3-7,11-12,14-15H2,1-2H3,(H,25,30,31). The smallest absolute Gasteiger partial charge is 0.325 e. The maximum Gasteiger partial charge on any atom is 0.325 e. The third-order valence-corrected chi connectivity index (χ3v) is 6.38. The molecular formula is C23H33N5O4. The lowest BCUT2D eigenvalue weighted by molar-refractivity contribution is -0.127. The number of rotatable bonds is 6. The summed E-state index contributed by atoms with van der Waals surface area (Å²) in [6.07, 6.45) is 3.94. The Morgan fingerprint density at radius 3 is 2.69 bits per heavy atom. The number of amides is 3. The predicted octanol–water partition coefficient (Wildman–Crippen LogP) is 1.41. The molecule has 0 spiro atoms. The molecule has 0 aliphatic carbocycles. The van der Waals surface area contributed by atoms with Crippen LogP contribution < -0.4 is 10.1 Å². The van der Waals surface area contributed by atoms with E-state index in [1.54, 1.807) is 7.05 Å². The van der Waals surface area contributed by atoms with E-state index in [2.05, 4.69) is 17.1 Å². The van der Waals surface area contributed by atoms with Crippen LogP contribution in [0.2, 0.25) is 0 Å². The van der Waals surface area contributed by atoms with Gasteiger partial charge < -0.3 is 24.5 Å². The number of aryl methyl sites for hydroxylation is 1. The number of ether oxygens (including phenoxy) is 1. The number of fused-ring (bicyclic) bond motifs is 1. The number of likely N-dealkylation sites (N-methyl/N-ethyl adjacent to an activating group) is 1. The van der Waals surface area contributed by atoms with Gasteiger partial charge in [0.05, 0.1) is 6.54 Å². The van der Waals surface area contributed by atoms with E-state index in [-0.39, 0.29) is 19.1 Å². The lowest BCUT2D eigenvalue weighted by Crippen LogP contribution is -2.65. The third kappa shape index (κ3) is 4.67. The molecule has 1 aromatic rings. The molecule has 2 N–H and O–H groups in total. The molecule has 0 bridgehead atoms.